The number of fused-ring (bicyclic) bond motifs is 1. The van der Waals surface area contributed by atoms with Crippen molar-refractivity contribution in [2.45, 2.75) is 31.9 Å². The SMILES string of the molecule is O=C(c1ccc([C@H]2CCCO2)s1)N1CCc2ccccc2C1. The third kappa shape index (κ3) is 2.57. The minimum absolute atomic E-state index is 0.156. The number of carbonyl (C=O) groups is 1. The van der Waals surface area contributed by atoms with Crippen molar-refractivity contribution in [2.75, 3.05) is 13.2 Å². The lowest BCUT2D eigenvalue weighted by Gasteiger charge is -2.28. The predicted molar refractivity (Wildman–Crippen MR) is 87.1 cm³/mol. The Bertz CT molecular complexity index is 688. The molecule has 3 heterocycles. The third-order valence-electron chi connectivity index (χ3n) is 4.50. The van der Waals surface area contributed by atoms with Crippen LogP contribution in [0.1, 0.15) is 44.6 Å². The van der Waals surface area contributed by atoms with Gasteiger partial charge >= 0.3 is 0 Å². The number of nitrogens with zero attached hydrogens (tertiary/aromatic N) is 1. The van der Waals surface area contributed by atoms with E-state index in [2.05, 4.69) is 24.3 Å². The number of hydrogen-bond donors (Lipinski definition) is 0. The van der Waals surface area contributed by atoms with Gasteiger partial charge in [0.2, 0.25) is 0 Å². The molecule has 4 heteroatoms. The van der Waals surface area contributed by atoms with E-state index in [-0.39, 0.29) is 12.0 Å². The molecule has 1 aromatic carbocycles. The van der Waals surface area contributed by atoms with Crippen molar-refractivity contribution >= 4 is 17.2 Å². The highest BCUT2D eigenvalue weighted by molar-refractivity contribution is 7.14. The van der Waals surface area contributed by atoms with Crippen LogP contribution in [0.15, 0.2) is 36.4 Å². The quantitative estimate of drug-likeness (QED) is 0.844. The summed E-state index contributed by atoms with van der Waals surface area (Å²) < 4.78 is 5.71. The molecule has 1 amide bonds. The molecule has 0 spiro atoms. The molecular formula is C18H19NO2S. The molecule has 1 aromatic heterocycles. The van der Waals surface area contributed by atoms with Gasteiger partial charge in [-0.2, -0.15) is 0 Å². The molecule has 0 N–H and O–H groups in total. The summed E-state index contributed by atoms with van der Waals surface area (Å²) in [6.07, 6.45) is 3.35. The smallest absolute Gasteiger partial charge is 0.264 e. The summed E-state index contributed by atoms with van der Waals surface area (Å²) in [6, 6.07) is 12.4. The molecule has 114 valence electrons. The molecule has 2 aliphatic heterocycles. The maximum atomic E-state index is 12.7. The van der Waals surface area contributed by atoms with Gasteiger partial charge in [0.15, 0.2) is 0 Å². The number of amides is 1. The fourth-order valence-electron chi connectivity index (χ4n) is 3.27. The first-order chi connectivity index (χ1) is 10.8. The molecule has 4 rings (SSSR count). The molecule has 1 atom stereocenters. The zero-order chi connectivity index (χ0) is 14.9. The van der Waals surface area contributed by atoms with Gasteiger partial charge in [0, 0.05) is 24.6 Å². The van der Waals surface area contributed by atoms with Gasteiger partial charge in [-0.05, 0) is 42.5 Å². The number of benzene rings is 1. The number of thiophene rings is 1. The second-order valence-corrected chi connectivity index (χ2v) is 7.06. The summed E-state index contributed by atoms with van der Waals surface area (Å²) in [6.45, 7) is 2.37. The Kier molecular flexibility index (Phi) is 3.72. The van der Waals surface area contributed by atoms with E-state index in [1.54, 1.807) is 11.3 Å². The lowest BCUT2D eigenvalue weighted by atomic mass is 10.00. The highest BCUT2D eigenvalue weighted by Gasteiger charge is 2.25. The van der Waals surface area contributed by atoms with Crippen molar-refractivity contribution < 1.29 is 9.53 Å². The van der Waals surface area contributed by atoms with E-state index < -0.39 is 0 Å². The molecule has 2 aliphatic rings. The second kappa shape index (κ2) is 5.86. The van der Waals surface area contributed by atoms with Crippen LogP contribution in [0.25, 0.3) is 0 Å². The molecule has 1 fully saturated rings. The predicted octanol–water partition coefficient (Wildman–Crippen LogP) is 3.80. The summed E-state index contributed by atoms with van der Waals surface area (Å²) in [5, 5.41) is 0. The Morgan fingerprint density at radius 1 is 1.18 bits per heavy atom. The van der Waals surface area contributed by atoms with Crippen molar-refractivity contribution in [2.24, 2.45) is 0 Å². The maximum Gasteiger partial charge on any atom is 0.264 e. The van der Waals surface area contributed by atoms with Crippen LogP contribution >= 0.6 is 11.3 Å². The molecule has 3 nitrogen and oxygen atoms in total. The molecule has 1 saturated heterocycles. The van der Waals surface area contributed by atoms with Crippen molar-refractivity contribution in [3.05, 3.63) is 57.3 Å². The third-order valence-corrected chi connectivity index (χ3v) is 5.67. The van der Waals surface area contributed by atoms with Gasteiger partial charge in [-0.15, -0.1) is 11.3 Å². The first-order valence-corrected chi connectivity index (χ1v) is 8.70. The number of hydrogen-bond acceptors (Lipinski definition) is 3. The van der Waals surface area contributed by atoms with Crippen LogP contribution in [-0.4, -0.2) is 24.0 Å². The van der Waals surface area contributed by atoms with E-state index in [9.17, 15) is 4.79 Å². The van der Waals surface area contributed by atoms with E-state index in [0.29, 0.717) is 0 Å². The van der Waals surface area contributed by atoms with Gasteiger partial charge in [0.1, 0.15) is 0 Å². The Morgan fingerprint density at radius 3 is 2.86 bits per heavy atom. The Morgan fingerprint density at radius 2 is 2.05 bits per heavy atom. The van der Waals surface area contributed by atoms with Crippen LogP contribution in [0.4, 0.5) is 0 Å². The average molecular weight is 313 g/mol. The van der Waals surface area contributed by atoms with Gasteiger partial charge in [0.25, 0.3) is 5.91 Å². The lowest BCUT2D eigenvalue weighted by molar-refractivity contribution is 0.0739. The lowest BCUT2D eigenvalue weighted by Crippen LogP contribution is -2.35. The Labute approximate surface area is 134 Å². The topological polar surface area (TPSA) is 29.5 Å². The van der Waals surface area contributed by atoms with Gasteiger partial charge in [-0.3, -0.25) is 4.79 Å². The summed E-state index contributed by atoms with van der Waals surface area (Å²) in [5.74, 6) is 0.156. The number of rotatable bonds is 2. The summed E-state index contributed by atoms with van der Waals surface area (Å²) in [5.41, 5.74) is 2.65. The van der Waals surface area contributed by atoms with Crippen LogP contribution in [-0.2, 0) is 17.7 Å². The van der Waals surface area contributed by atoms with Crippen molar-refractivity contribution in [1.29, 1.82) is 0 Å². The van der Waals surface area contributed by atoms with Crippen LogP contribution in [0.3, 0.4) is 0 Å². The van der Waals surface area contributed by atoms with E-state index >= 15 is 0 Å². The Balaban J connectivity index is 1.50. The largest absolute Gasteiger partial charge is 0.373 e. The minimum atomic E-state index is 0.156. The fraction of sp³-hybridized carbons (Fsp3) is 0.389. The number of carbonyl (C=O) groups excluding carboxylic acids is 1. The molecular weight excluding hydrogens is 294 g/mol. The Hall–Kier alpha value is -1.65. The highest BCUT2D eigenvalue weighted by atomic mass is 32.1. The van der Waals surface area contributed by atoms with E-state index in [0.717, 1.165) is 43.8 Å². The second-order valence-electron chi connectivity index (χ2n) is 5.95. The highest BCUT2D eigenvalue weighted by Crippen LogP contribution is 2.34. The van der Waals surface area contributed by atoms with E-state index in [1.807, 2.05) is 17.0 Å². The first kappa shape index (κ1) is 14.0. The van der Waals surface area contributed by atoms with Crippen LogP contribution in [0.2, 0.25) is 0 Å². The summed E-state index contributed by atoms with van der Waals surface area (Å²) in [7, 11) is 0. The maximum absolute atomic E-state index is 12.7. The fourth-order valence-corrected chi connectivity index (χ4v) is 4.33. The van der Waals surface area contributed by atoms with Crippen LogP contribution in [0, 0.1) is 0 Å². The van der Waals surface area contributed by atoms with Gasteiger partial charge < -0.3 is 9.64 Å². The standard InChI is InChI=1S/C18H19NO2S/c20-18(17-8-7-16(22-17)15-6-3-11-21-15)19-10-9-13-4-1-2-5-14(13)12-19/h1-2,4-5,7-8,15H,3,6,9-12H2/t15-/m1/s1. The zero-order valence-electron chi connectivity index (χ0n) is 12.5. The molecule has 0 saturated carbocycles. The molecule has 0 radical (unpaired) electrons. The van der Waals surface area contributed by atoms with E-state index in [4.69, 9.17) is 4.74 Å². The number of ether oxygens (including phenoxy) is 1. The molecule has 22 heavy (non-hydrogen) atoms. The summed E-state index contributed by atoms with van der Waals surface area (Å²) >= 11 is 1.60. The van der Waals surface area contributed by atoms with Crippen molar-refractivity contribution in [3.8, 4) is 0 Å². The summed E-state index contributed by atoms with van der Waals surface area (Å²) in [4.78, 5) is 16.7. The van der Waals surface area contributed by atoms with Crippen molar-refractivity contribution in [1.82, 2.24) is 4.90 Å². The monoisotopic (exact) mass is 313 g/mol. The minimum Gasteiger partial charge on any atom is -0.373 e. The van der Waals surface area contributed by atoms with E-state index in [1.165, 1.54) is 16.0 Å². The average Bonchev–Trinajstić information content (AvgIpc) is 3.24. The van der Waals surface area contributed by atoms with Gasteiger partial charge in [0.05, 0.1) is 11.0 Å². The van der Waals surface area contributed by atoms with Crippen LogP contribution in [0.5, 0.6) is 0 Å². The first-order valence-electron chi connectivity index (χ1n) is 7.88. The normalized spacial score (nSPS) is 20.9. The van der Waals surface area contributed by atoms with Crippen molar-refractivity contribution in [3.63, 3.8) is 0 Å². The molecule has 0 unspecified atom stereocenters. The van der Waals surface area contributed by atoms with Gasteiger partial charge in [-0.1, -0.05) is 24.3 Å². The van der Waals surface area contributed by atoms with Crippen LogP contribution < -0.4 is 0 Å². The zero-order valence-corrected chi connectivity index (χ0v) is 13.3. The molecule has 2 aromatic rings. The molecule has 0 bridgehead atoms. The molecule has 0 aliphatic carbocycles. The van der Waals surface area contributed by atoms with Gasteiger partial charge in [-0.25, -0.2) is 0 Å².